The van der Waals surface area contributed by atoms with E-state index in [1.54, 1.807) is 32.2 Å². The fourth-order valence-corrected chi connectivity index (χ4v) is 2.73. The molecule has 0 saturated heterocycles. The Morgan fingerprint density at radius 3 is 2.52 bits per heavy atom. The molecule has 0 spiro atoms. The number of carbonyl (C=O) groups is 2. The Balaban J connectivity index is 1.83. The zero-order valence-electron chi connectivity index (χ0n) is 14.1. The summed E-state index contributed by atoms with van der Waals surface area (Å²) in [6, 6.07) is 14.7. The van der Waals surface area contributed by atoms with Gasteiger partial charge in [0, 0.05) is 6.54 Å². The fraction of sp³-hybridized carbons (Fsp3) is 0.263. The summed E-state index contributed by atoms with van der Waals surface area (Å²) < 4.78 is 11.0. The van der Waals surface area contributed by atoms with Crippen molar-refractivity contribution >= 4 is 27.8 Å². The Hall–Kier alpha value is -2.34. The smallest absolute Gasteiger partial charge is 0.338 e. The molecule has 0 bridgehead atoms. The van der Waals surface area contributed by atoms with Crippen LogP contribution in [0.5, 0.6) is 5.75 Å². The van der Waals surface area contributed by atoms with Crippen molar-refractivity contribution in [1.82, 2.24) is 5.32 Å². The van der Waals surface area contributed by atoms with E-state index in [0.29, 0.717) is 22.3 Å². The Morgan fingerprint density at radius 2 is 1.88 bits per heavy atom. The number of benzene rings is 2. The van der Waals surface area contributed by atoms with Crippen LogP contribution in [0.1, 0.15) is 22.8 Å². The van der Waals surface area contributed by atoms with Crippen LogP contribution in [-0.2, 0) is 16.0 Å². The molecule has 1 amide bonds. The number of nitrogens with one attached hydrogen (secondary N) is 1. The van der Waals surface area contributed by atoms with E-state index in [2.05, 4.69) is 21.2 Å². The summed E-state index contributed by atoms with van der Waals surface area (Å²) in [6.07, 6.45) is -0.150. The molecule has 132 valence electrons. The van der Waals surface area contributed by atoms with E-state index >= 15 is 0 Å². The van der Waals surface area contributed by atoms with Gasteiger partial charge in [-0.25, -0.2) is 4.79 Å². The van der Waals surface area contributed by atoms with Gasteiger partial charge in [0.25, 0.3) is 5.91 Å². The highest BCUT2D eigenvalue weighted by molar-refractivity contribution is 9.10. The number of hydrogen-bond donors (Lipinski definition) is 1. The van der Waals surface area contributed by atoms with Crippen LogP contribution in [0.3, 0.4) is 0 Å². The second kappa shape index (κ2) is 9.22. The van der Waals surface area contributed by atoms with Gasteiger partial charge in [-0.1, -0.05) is 30.3 Å². The van der Waals surface area contributed by atoms with Crippen molar-refractivity contribution in [2.45, 2.75) is 19.4 Å². The van der Waals surface area contributed by atoms with Crippen molar-refractivity contribution in [2.75, 3.05) is 13.7 Å². The average molecular weight is 406 g/mol. The molecular weight excluding hydrogens is 386 g/mol. The van der Waals surface area contributed by atoms with Crippen LogP contribution in [0.25, 0.3) is 0 Å². The van der Waals surface area contributed by atoms with E-state index in [1.165, 1.54) is 0 Å². The molecule has 0 aliphatic carbocycles. The number of esters is 1. The lowest BCUT2D eigenvalue weighted by atomic mass is 10.1. The topological polar surface area (TPSA) is 64.6 Å². The third kappa shape index (κ3) is 5.60. The molecule has 1 N–H and O–H groups in total. The van der Waals surface area contributed by atoms with Gasteiger partial charge < -0.3 is 14.8 Å². The van der Waals surface area contributed by atoms with E-state index in [-0.39, 0.29) is 5.91 Å². The monoisotopic (exact) mass is 405 g/mol. The van der Waals surface area contributed by atoms with Gasteiger partial charge in [-0.15, -0.1) is 0 Å². The Morgan fingerprint density at radius 1 is 1.16 bits per heavy atom. The summed E-state index contributed by atoms with van der Waals surface area (Å²) in [6.45, 7) is 2.03. The van der Waals surface area contributed by atoms with Crippen molar-refractivity contribution in [3.05, 3.63) is 64.1 Å². The third-order valence-electron chi connectivity index (χ3n) is 3.60. The lowest BCUT2D eigenvalue weighted by molar-refractivity contribution is -0.129. The van der Waals surface area contributed by atoms with Crippen LogP contribution >= 0.6 is 15.9 Å². The second-order valence-corrected chi connectivity index (χ2v) is 6.28. The highest BCUT2D eigenvalue weighted by Crippen LogP contribution is 2.25. The zero-order chi connectivity index (χ0) is 18.2. The molecule has 0 aromatic heterocycles. The quantitative estimate of drug-likeness (QED) is 0.717. The highest BCUT2D eigenvalue weighted by atomic mass is 79.9. The minimum absolute atomic E-state index is 0.322. The molecule has 0 aliphatic heterocycles. The van der Waals surface area contributed by atoms with Crippen molar-refractivity contribution in [1.29, 1.82) is 0 Å². The van der Waals surface area contributed by atoms with E-state index < -0.39 is 12.1 Å². The van der Waals surface area contributed by atoms with Crippen LogP contribution in [0.4, 0.5) is 0 Å². The zero-order valence-corrected chi connectivity index (χ0v) is 15.7. The molecule has 2 aromatic rings. The SMILES string of the molecule is COc1ccc(C(=O)O[C@@H](C)C(=O)NCCc2ccccc2)cc1Br. The first-order valence-electron chi connectivity index (χ1n) is 7.87. The first kappa shape index (κ1) is 19.0. The molecule has 25 heavy (non-hydrogen) atoms. The average Bonchev–Trinajstić information content (AvgIpc) is 2.62. The molecule has 0 heterocycles. The lowest BCUT2D eigenvalue weighted by Gasteiger charge is -2.14. The largest absolute Gasteiger partial charge is 0.496 e. The Labute approximate surface area is 155 Å². The minimum Gasteiger partial charge on any atom is -0.496 e. The van der Waals surface area contributed by atoms with Gasteiger partial charge >= 0.3 is 5.97 Å². The number of ether oxygens (including phenoxy) is 2. The lowest BCUT2D eigenvalue weighted by Crippen LogP contribution is -2.36. The molecule has 5 nitrogen and oxygen atoms in total. The van der Waals surface area contributed by atoms with Crippen LogP contribution < -0.4 is 10.1 Å². The van der Waals surface area contributed by atoms with Crippen LogP contribution in [0, 0.1) is 0 Å². The molecular formula is C19H20BrNO4. The summed E-state index contributed by atoms with van der Waals surface area (Å²) in [5, 5.41) is 2.77. The summed E-state index contributed by atoms with van der Waals surface area (Å²) in [4.78, 5) is 24.2. The van der Waals surface area contributed by atoms with E-state index in [0.717, 1.165) is 12.0 Å². The molecule has 0 saturated carbocycles. The number of halogens is 1. The van der Waals surface area contributed by atoms with Gasteiger partial charge in [0.05, 0.1) is 17.1 Å². The number of hydrogen-bond acceptors (Lipinski definition) is 4. The fourth-order valence-electron chi connectivity index (χ4n) is 2.19. The minimum atomic E-state index is -0.871. The second-order valence-electron chi connectivity index (χ2n) is 5.42. The van der Waals surface area contributed by atoms with Crippen LogP contribution in [-0.4, -0.2) is 31.6 Å². The molecule has 2 rings (SSSR count). The van der Waals surface area contributed by atoms with Gasteiger partial charge in [-0.3, -0.25) is 4.79 Å². The predicted octanol–water partition coefficient (Wildman–Crippen LogP) is 3.36. The highest BCUT2D eigenvalue weighted by Gasteiger charge is 2.19. The molecule has 6 heteroatoms. The molecule has 0 unspecified atom stereocenters. The van der Waals surface area contributed by atoms with Gasteiger partial charge in [-0.2, -0.15) is 0 Å². The van der Waals surface area contributed by atoms with Crippen molar-refractivity contribution in [3.63, 3.8) is 0 Å². The molecule has 0 fully saturated rings. The Bertz CT molecular complexity index is 733. The molecule has 2 aromatic carbocycles. The predicted molar refractivity (Wildman–Crippen MR) is 98.7 cm³/mol. The summed E-state index contributed by atoms with van der Waals surface area (Å²) in [5.41, 5.74) is 1.48. The van der Waals surface area contributed by atoms with E-state index in [9.17, 15) is 9.59 Å². The van der Waals surface area contributed by atoms with Crippen molar-refractivity contribution in [2.24, 2.45) is 0 Å². The summed E-state index contributed by atoms with van der Waals surface area (Å²) in [5.74, 6) is -0.269. The maximum absolute atomic E-state index is 12.1. The maximum Gasteiger partial charge on any atom is 0.338 e. The van der Waals surface area contributed by atoms with E-state index in [4.69, 9.17) is 9.47 Å². The first-order valence-corrected chi connectivity index (χ1v) is 8.66. The van der Waals surface area contributed by atoms with Crippen molar-refractivity contribution < 1.29 is 19.1 Å². The third-order valence-corrected chi connectivity index (χ3v) is 4.22. The van der Waals surface area contributed by atoms with Gasteiger partial charge in [0.15, 0.2) is 6.10 Å². The number of amides is 1. The van der Waals surface area contributed by atoms with Gasteiger partial charge in [0.1, 0.15) is 5.75 Å². The summed E-state index contributed by atoms with van der Waals surface area (Å²) >= 11 is 3.32. The van der Waals surface area contributed by atoms with Crippen LogP contribution in [0.15, 0.2) is 53.0 Å². The first-order chi connectivity index (χ1) is 12.0. The number of methoxy groups -OCH3 is 1. The molecule has 1 atom stereocenters. The summed E-state index contributed by atoms with van der Waals surface area (Å²) in [7, 11) is 1.54. The molecule has 0 aliphatic rings. The van der Waals surface area contributed by atoms with Gasteiger partial charge in [-0.05, 0) is 53.0 Å². The Kier molecular flexibility index (Phi) is 7.01. The maximum atomic E-state index is 12.1. The molecule has 0 radical (unpaired) electrons. The van der Waals surface area contributed by atoms with E-state index in [1.807, 2.05) is 30.3 Å². The normalized spacial score (nSPS) is 11.5. The van der Waals surface area contributed by atoms with Crippen molar-refractivity contribution in [3.8, 4) is 5.75 Å². The standard InChI is InChI=1S/C19H20BrNO4/c1-13(18(22)21-11-10-14-6-4-3-5-7-14)25-19(23)15-8-9-17(24-2)16(20)12-15/h3-9,12-13H,10-11H2,1-2H3,(H,21,22)/t13-/m0/s1. The van der Waals surface area contributed by atoms with Gasteiger partial charge in [0.2, 0.25) is 0 Å². The number of rotatable bonds is 7. The van der Waals surface area contributed by atoms with Crippen LogP contribution in [0.2, 0.25) is 0 Å². The number of carbonyl (C=O) groups excluding carboxylic acids is 2.